The van der Waals surface area contributed by atoms with Crippen molar-refractivity contribution in [3.05, 3.63) is 57.4 Å². The second kappa shape index (κ2) is 9.32. The molecule has 8 heteroatoms. The lowest BCUT2D eigenvalue weighted by Gasteiger charge is -2.13. The Hall–Kier alpha value is -2.84. The maximum absolute atomic E-state index is 12.8. The number of Topliss-reactive ketones (excluding diaryl/α,β-unsaturated/α-hetero) is 1. The number of hydrogen-bond donors (Lipinski definition) is 1. The summed E-state index contributed by atoms with van der Waals surface area (Å²) < 4.78 is 7.30. The average Bonchev–Trinajstić information content (AvgIpc) is 3.26. The first kappa shape index (κ1) is 21.9. The van der Waals surface area contributed by atoms with E-state index < -0.39 is 11.7 Å². The van der Waals surface area contributed by atoms with Gasteiger partial charge >= 0.3 is 0 Å². The molecule has 0 unspecified atom stereocenters. The van der Waals surface area contributed by atoms with Gasteiger partial charge in [-0.15, -0.1) is 10.2 Å². The maximum Gasteiger partial charge on any atom is 0.298 e. The minimum absolute atomic E-state index is 0.308. The number of aryl methyl sites for hydroxylation is 3. The number of nitrogens with zero attached hydrogens (tertiary/aromatic N) is 3. The number of ketones is 1. The number of aromatic nitrogens is 3. The number of carbonyl (C=O) groups is 2. The summed E-state index contributed by atoms with van der Waals surface area (Å²) in [6.07, 6.45) is 0.617. The molecule has 30 heavy (non-hydrogen) atoms. The van der Waals surface area contributed by atoms with Crippen molar-refractivity contribution in [2.45, 2.75) is 41.0 Å². The molecule has 0 fully saturated rings. The van der Waals surface area contributed by atoms with Gasteiger partial charge in [0.1, 0.15) is 5.01 Å². The lowest BCUT2D eigenvalue weighted by atomic mass is 10.1. The molecule has 2 aromatic heterocycles. The number of amides is 1. The van der Waals surface area contributed by atoms with Gasteiger partial charge in [0.2, 0.25) is 5.13 Å². The molecule has 1 amide bonds. The number of nitrogens with one attached hydrogen (secondary N) is 1. The van der Waals surface area contributed by atoms with Gasteiger partial charge in [-0.2, -0.15) is 0 Å². The van der Waals surface area contributed by atoms with Crippen molar-refractivity contribution in [2.24, 2.45) is 0 Å². The summed E-state index contributed by atoms with van der Waals surface area (Å²) in [7, 11) is 0. The van der Waals surface area contributed by atoms with Crippen molar-refractivity contribution in [1.82, 2.24) is 14.8 Å². The predicted octanol–water partition coefficient (Wildman–Crippen LogP) is 3.96. The highest BCUT2D eigenvalue weighted by molar-refractivity contribution is 7.15. The standard InChI is InChI=1S/C22H26N4O3S/c1-6-29-10-9-19-24-25-22(30-19)23-21(28)20(27)17-12-15(4)26(16(17)5)18-8-7-13(2)11-14(18)3/h7-8,11-12H,6,9-10H2,1-5H3,(H,23,25,28). The van der Waals surface area contributed by atoms with E-state index in [-0.39, 0.29) is 0 Å². The van der Waals surface area contributed by atoms with Crippen LogP contribution in [0.25, 0.3) is 5.69 Å². The van der Waals surface area contributed by atoms with E-state index in [1.54, 1.807) is 6.07 Å². The Bertz CT molecular complexity index is 1080. The molecule has 3 aromatic rings. The molecular weight excluding hydrogens is 400 g/mol. The predicted molar refractivity (Wildman–Crippen MR) is 118 cm³/mol. The van der Waals surface area contributed by atoms with Crippen LogP contribution in [0.4, 0.5) is 5.13 Å². The second-order valence-electron chi connectivity index (χ2n) is 7.14. The van der Waals surface area contributed by atoms with Crippen LogP contribution < -0.4 is 5.32 Å². The highest BCUT2D eigenvalue weighted by Crippen LogP contribution is 2.25. The molecule has 0 saturated heterocycles. The van der Waals surface area contributed by atoms with E-state index in [1.165, 1.54) is 16.9 Å². The zero-order chi connectivity index (χ0) is 21.8. The molecule has 0 radical (unpaired) electrons. The third-order valence-electron chi connectivity index (χ3n) is 4.83. The van der Waals surface area contributed by atoms with E-state index >= 15 is 0 Å². The average molecular weight is 427 g/mol. The fourth-order valence-corrected chi connectivity index (χ4v) is 4.12. The zero-order valence-electron chi connectivity index (χ0n) is 17.9. The van der Waals surface area contributed by atoms with Gasteiger partial charge in [-0.3, -0.25) is 14.9 Å². The monoisotopic (exact) mass is 426 g/mol. The molecule has 2 heterocycles. The molecule has 0 atom stereocenters. The van der Waals surface area contributed by atoms with Gasteiger partial charge < -0.3 is 9.30 Å². The molecule has 1 aromatic carbocycles. The molecule has 0 aliphatic carbocycles. The quantitative estimate of drug-likeness (QED) is 0.335. The number of hydrogen-bond acceptors (Lipinski definition) is 6. The van der Waals surface area contributed by atoms with Gasteiger partial charge in [-0.05, 0) is 52.3 Å². The number of carbonyl (C=O) groups excluding carboxylic acids is 2. The molecule has 1 N–H and O–H groups in total. The summed E-state index contributed by atoms with van der Waals surface area (Å²) >= 11 is 1.25. The van der Waals surface area contributed by atoms with Gasteiger partial charge in [-0.1, -0.05) is 29.0 Å². The van der Waals surface area contributed by atoms with Crippen LogP contribution in [0.15, 0.2) is 24.3 Å². The smallest absolute Gasteiger partial charge is 0.298 e. The highest BCUT2D eigenvalue weighted by atomic mass is 32.1. The highest BCUT2D eigenvalue weighted by Gasteiger charge is 2.24. The summed E-state index contributed by atoms with van der Waals surface area (Å²) in [5.74, 6) is -1.31. The topological polar surface area (TPSA) is 86.1 Å². The van der Waals surface area contributed by atoms with E-state index in [0.717, 1.165) is 27.6 Å². The summed E-state index contributed by atoms with van der Waals surface area (Å²) in [5.41, 5.74) is 5.28. The fourth-order valence-electron chi connectivity index (χ4n) is 3.40. The third kappa shape index (κ3) is 4.66. The second-order valence-corrected chi connectivity index (χ2v) is 8.20. The van der Waals surface area contributed by atoms with E-state index in [4.69, 9.17) is 4.74 Å². The Morgan fingerprint density at radius 1 is 1.13 bits per heavy atom. The third-order valence-corrected chi connectivity index (χ3v) is 5.73. The van der Waals surface area contributed by atoms with Crippen molar-refractivity contribution < 1.29 is 14.3 Å². The molecule has 0 aliphatic heterocycles. The summed E-state index contributed by atoms with van der Waals surface area (Å²) in [4.78, 5) is 25.4. The van der Waals surface area contributed by atoms with Gasteiger partial charge in [0.05, 0.1) is 6.61 Å². The van der Waals surface area contributed by atoms with Crippen LogP contribution >= 0.6 is 11.3 Å². The Kier molecular flexibility index (Phi) is 6.79. The normalized spacial score (nSPS) is 11.0. The van der Waals surface area contributed by atoms with Crippen LogP contribution in [0.1, 0.15) is 44.8 Å². The summed E-state index contributed by atoms with van der Waals surface area (Å²) in [6.45, 7) is 11.0. The van der Waals surface area contributed by atoms with Crippen molar-refractivity contribution >= 4 is 28.2 Å². The van der Waals surface area contributed by atoms with E-state index in [1.807, 2.05) is 51.3 Å². The lowest BCUT2D eigenvalue weighted by Crippen LogP contribution is -2.23. The van der Waals surface area contributed by atoms with Crippen LogP contribution in [-0.4, -0.2) is 39.7 Å². The lowest BCUT2D eigenvalue weighted by molar-refractivity contribution is -0.112. The number of benzene rings is 1. The van der Waals surface area contributed by atoms with Crippen LogP contribution in [0.3, 0.4) is 0 Å². The molecular formula is C22H26N4O3S. The van der Waals surface area contributed by atoms with Gasteiger partial charge in [0.25, 0.3) is 11.7 Å². The summed E-state index contributed by atoms with van der Waals surface area (Å²) in [6, 6.07) is 7.92. The molecule has 158 valence electrons. The minimum Gasteiger partial charge on any atom is -0.381 e. The molecule has 7 nitrogen and oxygen atoms in total. The largest absolute Gasteiger partial charge is 0.381 e. The first-order chi connectivity index (χ1) is 14.3. The number of anilines is 1. The van der Waals surface area contributed by atoms with Gasteiger partial charge in [-0.25, -0.2) is 0 Å². The molecule has 0 bridgehead atoms. The molecule has 0 aliphatic rings. The maximum atomic E-state index is 12.8. The van der Waals surface area contributed by atoms with Crippen molar-refractivity contribution in [3.63, 3.8) is 0 Å². The molecule has 0 spiro atoms. The number of ether oxygens (including phenoxy) is 1. The van der Waals surface area contributed by atoms with Gasteiger partial charge in [0.15, 0.2) is 0 Å². The van der Waals surface area contributed by atoms with Crippen LogP contribution in [0, 0.1) is 27.7 Å². The summed E-state index contributed by atoms with van der Waals surface area (Å²) in [5, 5.41) is 11.6. The minimum atomic E-state index is -0.719. The molecule has 0 saturated carbocycles. The first-order valence-corrected chi connectivity index (χ1v) is 10.7. The fraction of sp³-hybridized carbons (Fsp3) is 0.364. The van der Waals surface area contributed by atoms with Crippen molar-refractivity contribution in [2.75, 3.05) is 18.5 Å². The number of rotatable bonds is 8. The zero-order valence-corrected chi connectivity index (χ0v) is 18.7. The van der Waals surface area contributed by atoms with Crippen molar-refractivity contribution in [3.8, 4) is 5.69 Å². The van der Waals surface area contributed by atoms with Crippen LogP contribution in [-0.2, 0) is 16.0 Å². The van der Waals surface area contributed by atoms with Crippen molar-refractivity contribution in [1.29, 1.82) is 0 Å². The van der Waals surface area contributed by atoms with E-state index in [0.29, 0.717) is 30.3 Å². The van der Waals surface area contributed by atoms with Crippen LogP contribution in [0.5, 0.6) is 0 Å². The molecule has 3 rings (SSSR count). The Morgan fingerprint density at radius 3 is 2.60 bits per heavy atom. The van der Waals surface area contributed by atoms with E-state index in [2.05, 4.69) is 21.6 Å². The Balaban J connectivity index is 1.78. The SMILES string of the molecule is CCOCCc1nnc(NC(=O)C(=O)c2cc(C)n(-c3ccc(C)cc3C)c2C)s1. The van der Waals surface area contributed by atoms with Gasteiger partial charge in [0, 0.05) is 35.7 Å². The van der Waals surface area contributed by atoms with Crippen LogP contribution in [0.2, 0.25) is 0 Å². The Labute approximate surface area is 180 Å². The Morgan fingerprint density at radius 2 is 1.90 bits per heavy atom. The first-order valence-electron chi connectivity index (χ1n) is 9.84. The van der Waals surface area contributed by atoms with E-state index in [9.17, 15) is 9.59 Å².